The molecule has 0 saturated heterocycles. The van der Waals surface area contributed by atoms with E-state index in [2.05, 4.69) is 4.98 Å². The van der Waals surface area contributed by atoms with Crippen LogP contribution in [-0.4, -0.2) is 14.5 Å². The molecule has 0 atom stereocenters. The predicted molar refractivity (Wildman–Crippen MR) is 113 cm³/mol. The van der Waals surface area contributed by atoms with E-state index in [-0.39, 0.29) is 11.2 Å². The summed E-state index contributed by atoms with van der Waals surface area (Å²) >= 11 is 1.33. The van der Waals surface area contributed by atoms with Crippen molar-refractivity contribution in [3.8, 4) is 0 Å². The van der Waals surface area contributed by atoms with Crippen molar-refractivity contribution in [3.05, 3.63) is 99.6 Å². The van der Waals surface area contributed by atoms with E-state index >= 15 is 0 Å². The van der Waals surface area contributed by atoms with Crippen molar-refractivity contribution >= 4 is 28.5 Å². The SMILES string of the molecule is O=[N+]([O-])c1cccc(CSc2nc3cc(C(F)(F)F)ccc3n2Cc2ccccc2)c1. The number of halogens is 3. The molecule has 0 fully saturated rings. The number of hydrogen-bond donors (Lipinski definition) is 0. The third-order valence-electron chi connectivity index (χ3n) is 4.71. The van der Waals surface area contributed by atoms with Crippen molar-refractivity contribution in [1.82, 2.24) is 9.55 Å². The lowest BCUT2D eigenvalue weighted by Crippen LogP contribution is -2.05. The summed E-state index contributed by atoms with van der Waals surface area (Å²) in [6, 6.07) is 19.4. The summed E-state index contributed by atoms with van der Waals surface area (Å²) in [6.45, 7) is 0.444. The summed E-state index contributed by atoms with van der Waals surface area (Å²) in [4.78, 5) is 15.0. The van der Waals surface area contributed by atoms with E-state index in [1.807, 2.05) is 34.9 Å². The molecular formula is C22H16F3N3O2S. The molecule has 0 saturated carbocycles. The molecule has 4 rings (SSSR count). The summed E-state index contributed by atoms with van der Waals surface area (Å²) < 4.78 is 41.3. The van der Waals surface area contributed by atoms with Gasteiger partial charge < -0.3 is 4.57 Å². The molecule has 0 radical (unpaired) electrons. The first-order valence-corrected chi connectivity index (χ1v) is 10.3. The van der Waals surface area contributed by atoms with Crippen molar-refractivity contribution < 1.29 is 18.1 Å². The van der Waals surface area contributed by atoms with Gasteiger partial charge in [0, 0.05) is 17.9 Å². The summed E-state index contributed by atoms with van der Waals surface area (Å²) in [7, 11) is 0. The van der Waals surface area contributed by atoms with Crippen LogP contribution in [0, 0.1) is 10.1 Å². The van der Waals surface area contributed by atoms with E-state index in [0.717, 1.165) is 23.3 Å². The lowest BCUT2D eigenvalue weighted by molar-refractivity contribution is -0.384. The zero-order valence-corrected chi connectivity index (χ0v) is 16.9. The minimum atomic E-state index is -4.45. The monoisotopic (exact) mass is 443 g/mol. The predicted octanol–water partition coefficient (Wildman–Crippen LogP) is 6.30. The van der Waals surface area contributed by atoms with Crippen LogP contribution in [0.15, 0.2) is 78.0 Å². The molecule has 0 spiro atoms. The summed E-state index contributed by atoms with van der Waals surface area (Å²) in [5.74, 6) is 0.395. The van der Waals surface area contributed by atoms with Crippen LogP contribution in [0.2, 0.25) is 0 Å². The molecule has 3 aromatic carbocycles. The second-order valence-corrected chi connectivity index (χ2v) is 7.83. The Morgan fingerprint density at radius 2 is 1.71 bits per heavy atom. The van der Waals surface area contributed by atoms with E-state index in [1.165, 1.54) is 30.0 Å². The standard InChI is InChI=1S/C22H16F3N3O2S/c23-22(24,25)17-9-10-20-19(12-17)26-21(27(20)13-15-5-2-1-3-6-15)31-14-16-7-4-8-18(11-16)28(29)30/h1-12H,13-14H2. The topological polar surface area (TPSA) is 61.0 Å². The number of rotatable bonds is 6. The molecular weight excluding hydrogens is 427 g/mol. The smallest absolute Gasteiger partial charge is 0.314 e. The highest BCUT2D eigenvalue weighted by molar-refractivity contribution is 7.98. The largest absolute Gasteiger partial charge is 0.416 e. The molecule has 158 valence electrons. The van der Waals surface area contributed by atoms with Gasteiger partial charge in [0.15, 0.2) is 5.16 Å². The first kappa shape index (κ1) is 20.9. The van der Waals surface area contributed by atoms with E-state index in [4.69, 9.17) is 0 Å². The third-order valence-corrected chi connectivity index (χ3v) is 5.76. The minimum absolute atomic E-state index is 0.00860. The molecule has 0 bridgehead atoms. The summed E-state index contributed by atoms with van der Waals surface area (Å²) in [6.07, 6.45) is -4.45. The van der Waals surface area contributed by atoms with Crippen molar-refractivity contribution in [3.63, 3.8) is 0 Å². The van der Waals surface area contributed by atoms with Crippen LogP contribution in [0.3, 0.4) is 0 Å². The Labute approximate surface area is 179 Å². The molecule has 1 heterocycles. The van der Waals surface area contributed by atoms with Crippen LogP contribution in [0.25, 0.3) is 11.0 Å². The lowest BCUT2D eigenvalue weighted by Gasteiger charge is -2.10. The van der Waals surface area contributed by atoms with Crippen LogP contribution < -0.4 is 0 Å². The van der Waals surface area contributed by atoms with E-state index < -0.39 is 16.7 Å². The number of nitro groups is 1. The molecule has 9 heteroatoms. The summed E-state index contributed by atoms with van der Waals surface area (Å²) in [5, 5.41) is 11.6. The van der Waals surface area contributed by atoms with Gasteiger partial charge in [-0.15, -0.1) is 0 Å². The normalized spacial score (nSPS) is 11.7. The average Bonchev–Trinajstić information content (AvgIpc) is 3.09. The van der Waals surface area contributed by atoms with Gasteiger partial charge in [-0.2, -0.15) is 13.2 Å². The van der Waals surface area contributed by atoms with Crippen molar-refractivity contribution in [1.29, 1.82) is 0 Å². The summed E-state index contributed by atoms with van der Waals surface area (Å²) in [5.41, 5.74) is 1.81. The molecule has 1 aromatic heterocycles. The number of hydrogen-bond acceptors (Lipinski definition) is 4. The fourth-order valence-electron chi connectivity index (χ4n) is 3.22. The van der Waals surface area contributed by atoms with Crippen molar-refractivity contribution in [2.24, 2.45) is 0 Å². The van der Waals surface area contributed by atoms with Crippen molar-refractivity contribution in [2.75, 3.05) is 0 Å². The second-order valence-electron chi connectivity index (χ2n) is 6.88. The van der Waals surface area contributed by atoms with Crippen molar-refractivity contribution in [2.45, 2.75) is 23.6 Å². The maximum atomic E-state index is 13.1. The zero-order chi connectivity index (χ0) is 22.0. The first-order chi connectivity index (χ1) is 14.8. The van der Waals surface area contributed by atoms with Gasteiger partial charge in [0.05, 0.1) is 28.1 Å². The Kier molecular flexibility index (Phi) is 5.69. The molecule has 0 amide bonds. The van der Waals surface area contributed by atoms with Crippen LogP contribution in [0.5, 0.6) is 0 Å². The number of alkyl halides is 3. The van der Waals surface area contributed by atoms with Crippen LogP contribution >= 0.6 is 11.8 Å². The van der Waals surface area contributed by atoms with E-state index in [9.17, 15) is 23.3 Å². The fraction of sp³-hybridized carbons (Fsp3) is 0.136. The molecule has 0 aliphatic rings. The molecule has 5 nitrogen and oxygen atoms in total. The zero-order valence-electron chi connectivity index (χ0n) is 16.0. The second kappa shape index (κ2) is 8.43. The van der Waals surface area contributed by atoms with E-state index in [0.29, 0.717) is 23.0 Å². The Balaban J connectivity index is 1.70. The van der Waals surface area contributed by atoms with Gasteiger partial charge in [-0.3, -0.25) is 10.1 Å². The van der Waals surface area contributed by atoms with Crippen LogP contribution in [0.4, 0.5) is 18.9 Å². The number of thioether (sulfide) groups is 1. The van der Waals surface area contributed by atoms with E-state index in [1.54, 1.807) is 12.1 Å². The number of imidazole rings is 1. The highest BCUT2D eigenvalue weighted by atomic mass is 32.2. The minimum Gasteiger partial charge on any atom is -0.314 e. The molecule has 31 heavy (non-hydrogen) atoms. The Bertz CT molecular complexity index is 1240. The maximum absolute atomic E-state index is 13.1. The van der Waals surface area contributed by atoms with Gasteiger partial charge in [-0.05, 0) is 29.3 Å². The molecule has 0 aliphatic carbocycles. The van der Waals surface area contributed by atoms with Gasteiger partial charge in [0.1, 0.15) is 0 Å². The van der Waals surface area contributed by atoms with Gasteiger partial charge in [-0.1, -0.05) is 54.2 Å². The molecule has 0 aliphatic heterocycles. The number of non-ortho nitro benzene ring substituents is 1. The highest BCUT2D eigenvalue weighted by Gasteiger charge is 2.31. The number of fused-ring (bicyclic) bond motifs is 1. The molecule has 0 N–H and O–H groups in total. The van der Waals surface area contributed by atoms with Gasteiger partial charge in [0.25, 0.3) is 5.69 Å². The first-order valence-electron chi connectivity index (χ1n) is 9.29. The number of nitro benzene ring substituents is 1. The average molecular weight is 443 g/mol. The quantitative estimate of drug-likeness (QED) is 0.199. The van der Waals surface area contributed by atoms with Gasteiger partial charge >= 0.3 is 6.18 Å². The van der Waals surface area contributed by atoms with Gasteiger partial charge in [0.2, 0.25) is 0 Å². The fourth-order valence-corrected chi connectivity index (χ4v) is 4.18. The number of benzene rings is 3. The van der Waals surface area contributed by atoms with Gasteiger partial charge in [-0.25, -0.2) is 4.98 Å². The van der Waals surface area contributed by atoms with Crippen LogP contribution in [-0.2, 0) is 18.5 Å². The lowest BCUT2D eigenvalue weighted by atomic mass is 10.2. The molecule has 0 unspecified atom stereocenters. The molecule has 4 aromatic rings. The maximum Gasteiger partial charge on any atom is 0.416 e. The van der Waals surface area contributed by atoms with Crippen LogP contribution in [0.1, 0.15) is 16.7 Å². The third kappa shape index (κ3) is 4.72. The number of aromatic nitrogens is 2. The highest BCUT2D eigenvalue weighted by Crippen LogP contribution is 2.34. The Hall–Kier alpha value is -3.33. The number of nitrogens with zero attached hydrogens (tertiary/aromatic N) is 3. The Morgan fingerprint density at radius 3 is 2.42 bits per heavy atom. The Morgan fingerprint density at radius 1 is 0.968 bits per heavy atom.